The third-order valence-corrected chi connectivity index (χ3v) is 6.35. The van der Waals surface area contributed by atoms with Gasteiger partial charge in [0.15, 0.2) is 0 Å². The van der Waals surface area contributed by atoms with Crippen LogP contribution < -0.4 is 10.2 Å². The second kappa shape index (κ2) is 12.2. The average Bonchev–Trinajstić information content (AvgIpc) is 2.86. The standard InChI is InChI=1S/C26H32F3N3O4/c1-3-4-5-21(36-2)17-31-12-14-32(15-13-31)23-11-8-19(26(27,28)29)16-22(23)24(33)30-20-9-6-18(7-10-20)25(34)35/h6-11,16,21H,3-5,12-15,17H2,1-2H3,(H,30,33)(H,34,35). The summed E-state index contributed by atoms with van der Waals surface area (Å²) in [6.45, 7) is 5.44. The molecular weight excluding hydrogens is 475 g/mol. The number of ether oxygens (including phenoxy) is 1. The number of aromatic carboxylic acids is 1. The lowest BCUT2D eigenvalue weighted by Gasteiger charge is -2.38. The number of hydrogen-bond donors (Lipinski definition) is 2. The molecule has 1 amide bonds. The first-order chi connectivity index (χ1) is 17.1. The number of carboxylic acid groups (broad SMARTS) is 1. The monoisotopic (exact) mass is 507 g/mol. The van der Waals surface area contributed by atoms with Crippen LogP contribution in [0.2, 0.25) is 0 Å². The van der Waals surface area contributed by atoms with E-state index in [-0.39, 0.29) is 22.9 Å². The highest BCUT2D eigenvalue weighted by atomic mass is 19.4. The normalized spacial score (nSPS) is 15.5. The van der Waals surface area contributed by atoms with Gasteiger partial charge < -0.3 is 20.1 Å². The van der Waals surface area contributed by atoms with E-state index in [9.17, 15) is 22.8 Å². The number of anilines is 2. The molecule has 0 aliphatic carbocycles. The van der Waals surface area contributed by atoms with Crippen molar-refractivity contribution in [1.29, 1.82) is 0 Å². The second-order valence-electron chi connectivity index (χ2n) is 8.85. The van der Waals surface area contributed by atoms with Gasteiger partial charge in [-0.2, -0.15) is 13.2 Å². The highest BCUT2D eigenvalue weighted by molar-refractivity contribution is 6.08. The summed E-state index contributed by atoms with van der Waals surface area (Å²) in [6, 6.07) is 8.65. The zero-order valence-corrected chi connectivity index (χ0v) is 20.5. The minimum absolute atomic E-state index is 0.0380. The van der Waals surface area contributed by atoms with E-state index in [0.29, 0.717) is 31.9 Å². The van der Waals surface area contributed by atoms with Crippen LogP contribution in [-0.4, -0.2) is 67.8 Å². The molecule has 36 heavy (non-hydrogen) atoms. The van der Waals surface area contributed by atoms with E-state index in [1.807, 2.05) is 4.90 Å². The van der Waals surface area contributed by atoms with Gasteiger partial charge in [-0.25, -0.2) is 4.79 Å². The molecule has 10 heteroatoms. The van der Waals surface area contributed by atoms with Crippen LogP contribution in [0.3, 0.4) is 0 Å². The van der Waals surface area contributed by atoms with Crippen molar-refractivity contribution in [3.05, 3.63) is 59.2 Å². The fourth-order valence-electron chi connectivity index (χ4n) is 4.24. The first-order valence-corrected chi connectivity index (χ1v) is 12.0. The summed E-state index contributed by atoms with van der Waals surface area (Å²) in [6.07, 6.45) is -1.30. The molecule has 0 aromatic heterocycles. The van der Waals surface area contributed by atoms with Gasteiger partial charge in [-0.05, 0) is 48.9 Å². The van der Waals surface area contributed by atoms with Gasteiger partial charge in [0.1, 0.15) is 0 Å². The molecule has 3 rings (SSSR count). The van der Waals surface area contributed by atoms with Crippen LogP contribution in [0.25, 0.3) is 0 Å². The Morgan fingerprint density at radius 1 is 1.08 bits per heavy atom. The van der Waals surface area contributed by atoms with E-state index >= 15 is 0 Å². The number of carboxylic acids is 1. The largest absolute Gasteiger partial charge is 0.478 e. The van der Waals surface area contributed by atoms with Gasteiger partial charge in [0, 0.05) is 51.2 Å². The molecule has 0 radical (unpaired) electrons. The lowest BCUT2D eigenvalue weighted by atomic mass is 10.0. The summed E-state index contributed by atoms with van der Waals surface area (Å²) in [4.78, 5) is 28.3. The number of methoxy groups -OCH3 is 1. The minimum atomic E-state index is -4.59. The van der Waals surface area contributed by atoms with Crippen molar-refractivity contribution in [2.75, 3.05) is 50.1 Å². The molecule has 0 bridgehead atoms. The smallest absolute Gasteiger partial charge is 0.416 e. The van der Waals surface area contributed by atoms with Crippen LogP contribution in [0, 0.1) is 0 Å². The predicted octanol–water partition coefficient (Wildman–Crippen LogP) is 4.98. The summed E-state index contributed by atoms with van der Waals surface area (Å²) in [5.41, 5.74) is -0.239. The van der Waals surface area contributed by atoms with Crippen LogP contribution in [-0.2, 0) is 10.9 Å². The van der Waals surface area contributed by atoms with Crippen molar-refractivity contribution in [2.45, 2.75) is 38.5 Å². The minimum Gasteiger partial charge on any atom is -0.478 e. The maximum absolute atomic E-state index is 13.4. The van der Waals surface area contributed by atoms with Gasteiger partial charge in [-0.3, -0.25) is 9.69 Å². The fraction of sp³-hybridized carbons (Fsp3) is 0.462. The van der Waals surface area contributed by atoms with E-state index in [1.54, 1.807) is 7.11 Å². The van der Waals surface area contributed by atoms with Crippen LogP contribution >= 0.6 is 0 Å². The summed E-state index contributed by atoms with van der Waals surface area (Å²) in [7, 11) is 1.71. The van der Waals surface area contributed by atoms with Crippen LogP contribution in [0.15, 0.2) is 42.5 Å². The van der Waals surface area contributed by atoms with Crippen LogP contribution in [0.4, 0.5) is 24.5 Å². The molecule has 2 N–H and O–H groups in total. The molecule has 1 heterocycles. The first kappa shape index (κ1) is 27.5. The molecule has 1 aliphatic heterocycles. The molecule has 0 spiro atoms. The summed E-state index contributed by atoms with van der Waals surface area (Å²) in [5, 5.41) is 11.6. The predicted molar refractivity (Wildman–Crippen MR) is 132 cm³/mol. The number of amides is 1. The molecule has 1 fully saturated rings. The van der Waals surface area contributed by atoms with Crippen molar-refractivity contribution in [2.24, 2.45) is 0 Å². The SMILES string of the molecule is CCCCC(CN1CCN(c2ccc(C(F)(F)F)cc2C(=O)Nc2ccc(C(=O)O)cc2)CC1)OC. The zero-order valence-electron chi connectivity index (χ0n) is 20.5. The third-order valence-electron chi connectivity index (χ3n) is 6.35. The Kier molecular flexibility index (Phi) is 9.33. The summed E-state index contributed by atoms with van der Waals surface area (Å²) >= 11 is 0. The average molecular weight is 508 g/mol. The number of piperazine rings is 1. The number of alkyl halides is 3. The van der Waals surface area contributed by atoms with E-state index in [1.165, 1.54) is 30.3 Å². The molecule has 196 valence electrons. The number of benzene rings is 2. The van der Waals surface area contributed by atoms with E-state index in [0.717, 1.165) is 37.9 Å². The summed E-state index contributed by atoms with van der Waals surface area (Å²) < 4.78 is 45.9. The topological polar surface area (TPSA) is 82.1 Å². The second-order valence-corrected chi connectivity index (χ2v) is 8.85. The lowest BCUT2D eigenvalue weighted by Crippen LogP contribution is -2.49. The maximum Gasteiger partial charge on any atom is 0.416 e. The van der Waals surface area contributed by atoms with E-state index in [4.69, 9.17) is 9.84 Å². The molecule has 2 aromatic rings. The number of carbonyl (C=O) groups is 2. The molecule has 7 nitrogen and oxygen atoms in total. The lowest BCUT2D eigenvalue weighted by molar-refractivity contribution is -0.137. The van der Waals surface area contributed by atoms with Crippen molar-refractivity contribution in [3.8, 4) is 0 Å². The van der Waals surface area contributed by atoms with Gasteiger partial charge in [0.05, 0.1) is 22.8 Å². The number of nitrogens with one attached hydrogen (secondary N) is 1. The molecule has 2 aromatic carbocycles. The number of halogens is 3. The molecule has 1 saturated heterocycles. The Morgan fingerprint density at radius 2 is 1.75 bits per heavy atom. The maximum atomic E-state index is 13.4. The molecule has 1 unspecified atom stereocenters. The highest BCUT2D eigenvalue weighted by Gasteiger charge is 2.33. The Bertz CT molecular complexity index is 1040. The molecule has 1 aliphatic rings. The molecule has 0 saturated carbocycles. The first-order valence-electron chi connectivity index (χ1n) is 12.0. The Balaban J connectivity index is 1.77. The number of nitrogens with zero attached hydrogens (tertiary/aromatic N) is 2. The Hall–Kier alpha value is -3.11. The van der Waals surface area contributed by atoms with Crippen molar-refractivity contribution >= 4 is 23.3 Å². The Morgan fingerprint density at radius 3 is 2.31 bits per heavy atom. The number of carbonyl (C=O) groups excluding carboxylic acids is 1. The van der Waals surface area contributed by atoms with Crippen molar-refractivity contribution < 1.29 is 32.6 Å². The van der Waals surface area contributed by atoms with Gasteiger partial charge in [-0.1, -0.05) is 19.8 Å². The van der Waals surface area contributed by atoms with Crippen LogP contribution in [0.1, 0.15) is 52.5 Å². The van der Waals surface area contributed by atoms with Gasteiger partial charge in [-0.15, -0.1) is 0 Å². The molecule has 1 atom stereocenters. The Labute approximate surface area is 208 Å². The van der Waals surface area contributed by atoms with Gasteiger partial charge in [0.2, 0.25) is 0 Å². The van der Waals surface area contributed by atoms with Crippen LogP contribution in [0.5, 0.6) is 0 Å². The van der Waals surface area contributed by atoms with Gasteiger partial charge >= 0.3 is 12.1 Å². The zero-order chi connectivity index (χ0) is 26.3. The number of unbranched alkanes of at least 4 members (excludes halogenated alkanes) is 1. The number of hydrogen-bond acceptors (Lipinski definition) is 5. The number of rotatable bonds is 10. The van der Waals surface area contributed by atoms with Crippen molar-refractivity contribution in [3.63, 3.8) is 0 Å². The molecular formula is C26H32F3N3O4. The van der Waals surface area contributed by atoms with E-state index in [2.05, 4.69) is 17.1 Å². The van der Waals surface area contributed by atoms with Crippen molar-refractivity contribution in [1.82, 2.24) is 4.90 Å². The quantitative estimate of drug-likeness (QED) is 0.472. The third kappa shape index (κ3) is 7.20. The fourth-order valence-corrected chi connectivity index (χ4v) is 4.24. The van der Waals surface area contributed by atoms with Gasteiger partial charge in [0.25, 0.3) is 5.91 Å². The van der Waals surface area contributed by atoms with E-state index < -0.39 is 23.6 Å². The summed E-state index contributed by atoms with van der Waals surface area (Å²) in [5.74, 6) is -1.81. The highest BCUT2D eigenvalue weighted by Crippen LogP contribution is 2.34.